The lowest BCUT2D eigenvalue weighted by Gasteiger charge is -2.08. The van der Waals surface area contributed by atoms with Crippen LogP contribution in [0.3, 0.4) is 0 Å². The van der Waals surface area contributed by atoms with E-state index in [1.54, 1.807) is 11.3 Å². The highest BCUT2D eigenvalue weighted by molar-refractivity contribution is 7.15. The minimum atomic E-state index is -0.120. The minimum absolute atomic E-state index is 0.120. The number of nitrogens with zero attached hydrogens (tertiary/aromatic N) is 2. The van der Waals surface area contributed by atoms with Gasteiger partial charge in [0.25, 0.3) is 5.91 Å². The van der Waals surface area contributed by atoms with Crippen LogP contribution in [-0.2, 0) is 0 Å². The summed E-state index contributed by atoms with van der Waals surface area (Å²) in [5, 5.41) is 6.88. The van der Waals surface area contributed by atoms with E-state index in [0.29, 0.717) is 5.69 Å². The van der Waals surface area contributed by atoms with E-state index in [0.717, 1.165) is 32.3 Å². The molecule has 1 aromatic carbocycles. The van der Waals surface area contributed by atoms with E-state index in [-0.39, 0.29) is 5.91 Å². The number of amides is 1. The summed E-state index contributed by atoms with van der Waals surface area (Å²) in [6.45, 7) is 4.01. The van der Waals surface area contributed by atoms with Gasteiger partial charge in [-0.05, 0) is 42.5 Å². The number of fused-ring (bicyclic) bond motifs is 1. The van der Waals surface area contributed by atoms with Crippen LogP contribution in [0.2, 0.25) is 0 Å². The molecule has 0 saturated carbocycles. The molecule has 4 nitrogen and oxygen atoms in total. The molecule has 0 bridgehead atoms. The standard InChI is InChI=1S/C18H15N3OS2/c1-11-5-6-12(2)13(8-11)19-17(22)15-10-24-18-20-14(9-21(15)18)16-4-3-7-23-16/h3-10H,1-2H3,(H,19,22). The summed E-state index contributed by atoms with van der Waals surface area (Å²) in [6, 6.07) is 10.1. The molecule has 0 fully saturated rings. The second-order valence-corrected chi connectivity index (χ2v) is 7.43. The Morgan fingerprint density at radius 2 is 2.08 bits per heavy atom. The lowest BCUT2D eigenvalue weighted by Crippen LogP contribution is -2.14. The van der Waals surface area contributed by atoms with E-state index in [4.69, 9.17) is 0 Å². The van der Waals surface area contributed by atoms with Gasteiger partial charge in [0.2, 0.25) is 0 Å². The highest BCUT2D eigenvalue weighted by atomic mass is 32.1. The topological polar surface area (TPSA) is 46.4 Å². The number of thiophene rings is 1. The Kier molecular flexibility index (Phi) is 3.70. The Hall–Kier alpha value is -2.44. The van der Waals surface area contributed by atoms with Gasteiger partial charge < -0.3 is 5.32 Å². The van der Waals surface area contributed by atoms with Crippen molar-refractivity contribution in [2.75, 3.05) is 5.32 Å². The first-order valence-corrected chi connectivity index (χ1v) is 9.27. The Balaban J connectivity index is 1.68. The Morgan fingerprint density at radius 3 is 2.88 bits per heavy atom. The van der Waals surface area contributed by atoms with Gasteiger partial charge in [-0.2, -0.15) is 0 Å². The number of hydrogen-bond acceptors (Lipinski definition) is 4. The van der Waals surface area contributed by atoms with E-state index < -0.39 is 0 Å². The molecule has 4 aromatic rings. The van der Waals surface area contributed by atoms with Crippen molar-refractivity contribution in [2.24, 2.45) is 0 Å². The number of aromatic nitrogens is 2. The maximum Gasteiger partial charge on any atom is 0.273 e. The van der Waals surface area contributed by atoms with Crippen molar-refractivity contribution in [3.8, 4) is 10.6 Å². The summed E-state index contributed by atoms with van der Waals surface area (Å²) in [5.74, 6) is -0.120. The molecular weight excluding hydrogens is 338 g/mol. The fraction of sp³-hybridized carbons (Fsp3) is 0.111. The van der Waals surface area contributed by atoms with Crippen LogP contribution in [0.1, 0.15) is 21.6 Å². The maximum absolute atomic E-state index is 12.7. The van der Waals surface area contributed by atoms with Crippen LogP contribution in [0.15, 0.2) is 47.3 Å². The molecule has 0 spiro atoms. The molecule has 0 radical (unpaired) electrons. The number of aryl methyl sites for hydroxylation is 2. The molecule has 0 saturated heterocycles. The number of hydrogen-bond donors (Lipinski definition) is 1. The quantitative estimate of drug-likeness (QED) is 0.564. The van der Waals surface area contributed by atoms with Gasteiger partial charge in [-0.3, -0.25) is 9.20 Å². The predicted octanol–water partition coefficient (Wildman–Crippen LogP) is 4.99. The van der Waals surface area contributed by atoms with Crippen LogP contribution in [0.25, 0.3) is 15.5 Å². The molecular formula is C18H15N3OS2. The van der Waals surface area contributed by atoms with Crippen molar-refractivity contribution in [2.45, 2.75) is 13.8 Å². The zero-order valence-corrected chi connectivity index (χ0v) is 14.9. The smallest absolute Gasteiger partial charge is 0.273 e. The van der Waals surface area contributed by atoms with Crippen LogP contribution in [0.4, 0.5) is 5.69 Å². The number of rotatable bonds is 3. The monoisotopic (exact) mass is 353 g/mol. The molecule has 1 N–H and O–H groups in total. The number of carbonyl (C=O) groups is 1. The molecule has 6 heteroatoms. The molecule has 120 valence electrons. The van der Waals surface area contributed by atoms with E-state index in [1.165, 1.54) is 11.3 Å². The molecule has 0 atom stereocenters. The third kappa shape index (κ3) is 2.64. The van der Waals surface area contributed by atoms with Crippen molar-refractivity contribution in [3.05, 3.63) is 64.1 Å². The van der Waals surface area contributed by atoms with Gasteiger partial charge in [-0.1, -0.05) is 18.2 Å². The fourth-order valence-corrected chi connectivity index (χ4v) is 4.08. The molecule has 24 heavy (non-hydrogen) atoms. The zero-order chi connectivity index (χ0) is 16.7. The van der Waals surface area contributed by atoms with E-state index in [2.05, 4.69) is 10.3 Å². The average Bonchev–Trinajstić information content (AvgIpc) is 3.25. The van der Waals surface area contributed by atoms with E-state index in [1.807, 2.05) is 65.5 Å². The average molecular weight is 353 g/mol. The van der Waals surface area contributed by atoms with Crippen LogP contribution in [0.5, 0.6) is 0 Å². The molecule has 4 rings (SSSR count). The predicted molar refractivity (Wildman–Crippen MR) is 100 cm³/mol. The summed E-state index contributed by atoms with van der Waals surface area (Å²) < 4.78 is 1.86. The number of thiazole rings is 1. The third-order valence-corrected chi connectivity index (χ3v) is 5.59. The van der Waals surface area contributed by atoms with Crippen molar-refractivity contribution < 1.29 is 4.79 Å². The van der Waals surface area contributed by atoms with E-state index >= 15 is 0 Å². The lowest BCUT2D eigenvalue weighted by molar-refractivity contribution is 0.102. The lowest BCUT2D eigenvalue weighted by atomic mass is 10.1. The van der Waals surface area contributed by atoms with Crippen molar-refractivity contribution in [1.82, 2.24) is 9.38 Å². The SMILES string of the molecule is Cc1ccc(C)c(NC(=O)c2csc3nc(-c4cccs4)cn23)c1. The van der Waals surface area contributed by atoms with Gasteiger partial charge in [0.15, 0.2) is 4.96 Å². The number of carbonyl (C=O) groups excluding carboxylic acids is 1. The second kappa shape index (κ2) is 5.89. The largest absolute Gasteiger partial charge is 0.320 e. The first kappa shape index (κ1) is 15.1. The van der Waals surface area contributed by atoms with Gasteiger partial charge in [0, 0.05) is 17.3 Å². The fourth-order valence-electron chi connectivity index (χ4n) is 2.55. The van der Waals surface area contributed by atoms with Crippen LogP contribution in [-0.4, -0.2) is 15.3 Å². The van der Waals surface area contributed by atoms with E-state index in [9.17, 15) is 4.79 Å². The van der Waals surface area contributed by atoms with Gasteiger partial charge >= 0.3 is 0 Å². The van der Waals surface area contributed by atoms with Crippen LogP contribution < -0.4 is 5.32 Å². The Morgan fingerprint density at radius 1 is 1.21 bits per heavy atom. The molecule has 1 amide bonds. The number of nitrogens with one attached hydrogen (secondary N) is 1. The maximum atomic E-state index is 12.7. The van der Waals surface area contributed by atoms with Crippen molar-refractivity contribution in [3.63, 3.8) is 0 Å². The van der Waals surface area contributed by atoms with Gasteiger partial charge in [0.05, 0.1) is 4.88 Å². The summed E-state index contributed by atoms with van der Waals surface area (Å²) in [7, 11) is 0. The van der Waals surface area contributed by atoms with Gasteiger partial charge in [0.1, 0.15) is 11.4 Å². The highest BCUT2D eigenvalue weighted by Gasteiger charge is 2.16. The molecule has 0 unspecified atom stereocenters. The number of imidazole rings is 1. The minimum Gasteiger partial charge on any atom is -0.320 e. The third-order valence-electron chi connectivity index (χ3n) is 3.86. The summed E-state index contributed by atoms with van der Waals surface area (Å²) in [5.41, 5.74) is 4.51. The van der Waals surface area contributed by atoms with Crippen molar-refractivity contribution >= 4 is 39.2 Å². The molecule has 3 aromatic heterocycles. The molecule has 0 aliphatic carbocycles. The zero-order valence-electron chi connectivity index (χ0n) is 13.2. The number of anilines is 1. The molecule has 3 heterocycles. The van der Waals surface area contributed by atoms with Gasteiger partial charge in [-0.25, -0.2) is 4.98 Å². The normalized spacial score (nSPS) is 11.1. The molecule has 0 aliphatic heterocycles. The highest BCUT2D eigenvalue weighted by Crippen LogP contribution is 2.27. The molecule has 0 aliphatic rings. The first-order valence-electron chi connectivity index (χ1n) is 7.51. The summed E-state index contributed by atoms with van der Waals surface area (Å²) in [6.07, 6.45) is 1.93. The Labute approximate surface area is 147 Å². The van der Waals surface area contributed by atoms with Crippen molar-refractivity contribution in [1.29, 1.82) is 0 Å². The van der Waals surface area contributed by atoms with Gasteiger partial charge in [-0.15, -0.1) is 22.7 Å². The summed E-state index contributed by atoms with van der Waals surface area (Å²) in [4.78, 5) is 19.2. The Bertz CT molecular complexity index is 1030. The first-order chi connectivity index (χ1) is 11.6. The number of benzene rings is 1. The summed E-state index contributed by atoms with van der Waals surface area (Å²) >= 11 is 3.12. The van der Waals surface area contributed by atoms with Crippen LogP contribution in [0, 0.1) is 13.8 Å². The second-order valence-electron chi connectivity index (χ2n) is 5.65. The van der Waals surface area contributed by atoms with Crippen LogP contribution >= 0.6 is 22.7 Å².